The number of nitrogens with two attached hydrogens (primary N) is 1. The van der Waals surface area contributed by atoms with Gasteiger partial charge >= 0.3 is 12.1 Å². The Hall–Kier alpha value is -4.33. The van der Waals surface area contributed by atoms with E-state index in [1.165, 1.54) is 0 Å². The smallest absolute Gasteiger partial charge is 0.408 e. The molecule has 0 aliphatic rings. The summed E-state index contributed by atoms with van der Waals surface area (Å²) in [7, 11) is 0. The Morgan fingerprint density at radius 3 is 1.78 bits per heavy atom. The Morgan fingerprint density at radius 2 is 1.27 bits per heavy atom. The lowest BCUT2D eigenvalue weighted by Gasteiger charge is -2.25. The summed E-state index contributed by atoms with van der Waals surface area (Å²) in [4.78, 5) is 39.1. The number of alkyl carbamates (subject to hydrolysis) is 1. The van der Waals surface area contributed by atoms with Crippen LogP contribution in [0.1, 0.15) is 31.9 Å². The van der Waals surface area contributed by atoms with E-state index in [-0.39, 0.29) is 12.8 Å². The molecule has 8 heteroatoms. The van der Waals surface area contributed by atoms with Crippen LogP contribution >= 0.6 is 0 Å². The van der Waals surface area contributed by atoms with Crippen molar-refractivity contribution in [3.8, 4) is 5.75 Å². The molecule has 0 spiro atoms. The van der Waals surface area contributed by atoms with E-state index in [9.17, 15) is 14.4 Å². The van der Waals surface area contributed by atoms with Crippen molar-refractivity contribution in [2.24, 2.45) is 0 Å². The Balaban J connectivity index is 1.81. The number of ether oxygens (including phenoxy) is 2. The highest BCUT2D eigenvalue weighted by molar-refractivity contribution is 5.90. The zero-order valence-electron chi connectivity index (χ0n) is 21.3. The van der Waals surface area contributed by atoms with Gasteiger partial charge in [0.1, 0.15) is 23.4 Å². The third-order valence-electron chi connectivity index (χ3n) is 5.27. The van der Waals surface area contributed by atoms with Crippen molar-refractivity contribution in [2.75, 3.05) is 5.73 Å². The van der Waals surface area contributed by atoms with E-state index >= 15 is 0 Å². The SMILES string of the molecule is CC(C)(C)OC(=O)N[C@@H](Cc1ccccc1)C(=O)N[C@@H](Cc1ccccc1)C(=O)Oc1ccc(N)cc1. The van der Waals surface area contributed by atoms with Gasteiger partial charge in [0.05, 0.1) is 0 Å². The third kappa shape index (κ3) is 9.33. The van der Waals surface area contributed by atoms with Gasteiger partial charge in [0.25, 0.3) is 0 Å². The normalized spacial score (nSPS) is 12.6. The molecule has 3 aromatic carbocycles. The van der Waals surface area contributed by atoms with Crippen LogP contribution in [0.15, 0.2) is 84.9 Å². The largest absolute Gasteiger partial charge is 0.444 e. The molecule has 0 unspecified atom stereocenters. The second-order valence-corrected chi connectivity index (χ2v) is 9.63. The molecule has 0 fully saturated rings. The van der Waals surface area contributed by atoms with Crippen molar-refractivity contribution >= 4 is 23.7 Å². The van der Waals surface area contributed by atoms with E-state index in [1.54, 1.807) is 45.0 Å². The lowest BCUT2D eigenvalue weighted by molar-refractivity contribution is -0.139. The molecule has 0 aromatic heterocycles. The molecule has 0 heterocycles. The minimum Gasteiger partial charge on any atom is -0.444 e. The molecule has 3 aromatic rings. The highest BCUT2D eigenvalue weighted by Gasteiger charge is 2.30. The predicted molar refractivity (Wildman–Crippen MR) is 142 cm³/mol. The number of esters is 1. The van der Waals surface area contributed by atoms with Crippen LogP contribution < -0.4 is 21.1 Å². The number of carbonyl (C=O) groups is 3. The molecule has 0 saturated heterocycles. The van der Waals surface area contributed by atoms with Crippen molar-refractivity contribution in [2.45, 2.75) is 51.3 Å². The van der Waals surface area contributed by atoms with Crippen LogP contribution in [0.25, 0.3) is 0 Å². The van der Waals surface area contributed by atoms with Gasteiger partial charge in [-0.3, -0.25) is 4.79 Å². The first kappa shape index (κ1) is 27.3. The molecule has 3 rings (SSSR count). The third-order valence-corrected chi connectivity index (χ3v) is 5.27. The first-order valence-electron chi connectivity index (χ1n) is 12.0. The fourth-order valence-electron chi connectivity index (χ4n) is 3.55. The maximum absolute atomic E-state index is 13.4. The minimum absolute atomic E-state index is 0.199. The Bertz CT molecular complexity index is 1180. The van der Waals surface area contributed by atoms with E-state index in [0.29, 0.717) is 11.4 Å². The zero-order valence-corrected chi connectivity index (χ0v) is 21.3. The molecule has 37 heavy (non-hydrogen) atoms. The van der Waals surface area contributed by atoms with E-state index < -0.39 is 35.7 Å². The summed E-state index contributed by atoms with van der Waals surface area (Å²) >= 11 is 0. The minimum atomic E-state index is -1.01. The van der Waals surface area contributed by atoms with Gasteiger partial charge in [-0.2, -0.15) is 0 Å². The lowest BCUT2D eigenvalue weighted by Crippen LogP contribution is -2.54. The van der Waals surface area contributed by atoms with Crippen molar-refractivity contribution in [3.63, 3.8) is 0 Å². The lowest BCUT2D eigenvalue weighted by atomic mass is 10.0. The molecular formula is C29H33N3O5. The van der Waals surface area contributed by atoms with Crippen molar-refractivity contribution in [1.29, 1.82) is 0 Å². The van der Waals surface area contributed by atoms with Gasteiger partial charge in [-0.15, -0.1) is 0 Å². The van der Waals surface area contributed by atoms with E-state index in [1.807, 2.05) is 60.7 Å². The summed E-state index contributed by atoms with van der Waals surface area (Å²) in [6.45, 7) is 5.21. The van der Waals surface area contributed by atoms with E-state index in [2.05, 4.69) is 10.6 Å². The topological polar surface area (TPSA) is 120 Å². The summed E-state index contributed by atoms with van der Waals surface area (Å²) in [6.07, 6.45) is -0.324. The van der Waals surface area contributed by atoms with Crippen LogP contribution in [0.2, 0.25) is 0 Å². The first-order chi connectivity index (χ1) is 17.6. The van der Waals surface area contributed by atoms with Crippen LogP contribution in [0, 0.1) is 0 Å². The maximum atomic E-state index is 13.4. The predicted octanol–water partition coefficient (Wildman–Crippen LogP) is 4.04. The summed E-state index contributed by atoms with van der Waals surface area (Å²) in [5, 5.41) is 5.42. The van der Waals surface area contributed by atoms with Gasteiger partial charge in [0.2, 0.25) is 5.91 Å². The first-order valence-corrected chi connectivity index (χ1v) is 12.0. The van der Waals surface area contributed by atoms with Gasteiger partial charge in [-0.25, -0.2) is 9.59 Å². The number of hydrogen-bond donors (Lipinski definition) is 3. The standard InChI is InChI=1S/C29H33N3O5/c1-29(2,3)37-28(35)32-24(18-20-10-6-4-7-11-20)26(33)31-25(19-21-12-8-5-9-13-21)27(34)36-23-16-14-22(30)15-17-23/h4-17,24-25H,18-19,30H2,1-3H3,(H,31,33)(H,32,35)/t24-,25-/m0/s1. The number of nitrogen functional groups attached to an aromatic ring is 1. The van der Waals surface area contributed by atoms with Gasteiger partial charge in [0.15, 0.2) is 0 Å². The molecule has 0 saturated carbocycles. The second kappa shape index (κ2) is 12.6. The van der Waals surface area contributed by atoms with Crippen molar-refractivity contribution in [3.05, 3.63) is 96.1 Å². The van der Waals surface area contributed by atoms with Crippen LogP contribution in [0.4, 0.5) is 10.5 Å². The van der Waals surface area contributed by atoms with Crippen LogP contribution in [0.3, 0.4) is 0 Å². The van der Waals surface area contributed by atoms with Crippen molar-refractivity contribution in [1.82, 2.24) is 10.6 Å². The van der Waals surface area contributed by atoms with Crippen LogP contribution in [-0.4, -0.2) is 35.7 Å². The number of hydrogen-bond acceptors (Lipinski definition) is 6. The second-order valence-electron chi connectivity index (χ2n) is 9.63. The molecule has 0 aliphatic carbocycles. The Kier molecular flexibility index (Phi) is 9.27. The molecule has 0 radical (unpaired) electrons. The molecular weight excluding hydrogens is 470 g/mol. The average Bonchev–Trinajstić information content (AvgIpc) is 2.84. The average molecular weight is 504 g/mol. The molecule has 0 bridgehead atoms. The number of amides is 2. The molecule has 4 N–H and O–H groups in total. The maximum Gasteiger partial charge on any atom is 0.408 e. The zero-order chi connectivity index (χ0) is 26.8. The Labute approximate surface area is 217 Å². The number of rotatable bonds is 9. The van der Waals surface area contributed by atoms with Gasteiger partial charge in [0, 0.05) is 18.5 Å². The summed E-state index contributed by atoms with van der Waals surface area (Å²) < 4.78 is 10.9. The molecule has 8 nitrogen and oxygen atoms in total. The summed E-state index contributed by atoms with van der Waals surface area (Å²) in [5.41, 5.74) is 7.18. The number of carbonyl (C=O) groups excluding carboxylic acids is 3. The van der Waals surface area contributed by atoms with Crippen LogP contribution in [-0.2, 0) is 27.2 Å². The van der Waals surface area contributed by atoms with E-state index in [4.69, 9.17) is 15.2 Å². The number of nitrogens with one attached hydrogen (secondary N) is 2. The fraction of sp³-hybridized carbons (Fsp3) is 0.276. The Morgan fingerprint density at radius 1 is 0.757 bits per heavy atom. The molecule has 194 valence electrons. The number of benzene rings is 3. The quantitative estimate of drug-likeness (QED) is 0.230. The van der Waals surface area contributed by atoms with Gasteiger partial charge in [-0.05, 0) is 56.2 Å². The molecule has 0 aliphatic heterocycles. The highest BCUT2D eigenvalue weighted by Crippen LogP contribution is 2.15. The highest BCUT2D eigenvalue weighted by atomic mass is 16.6. The van der Waals surface area contributed by atoms with Gasteiger partial charge in [-0.1, -0.05) is 60.7 Å². The molecule has 2 amide bonds. The van der Waals surface area contributed by atoms with Gasteiger partial charge < -0.3 is 25.8 Å². The molecule has 2 atom stereocenters. The van der Waals surface area contributed by atoms with Crippen LogP contribution in [0.5, 0.6) is 5.75 Å². The fourth-order valence-corrected chi connectivity index (χ4v) is 3.55. The summed E-state index contributed by atoms with van der Waals surface area (Å²) in [6, 6.07) is 23.0. The van der Waals surface area contributed by atoms with Crippen molar-refractivity contribution < 1.29 is 23.9 Å². The number of anilines is 1. The monoisotopic (exact) mass is 503 g/mol. The van der Waals surface area contributed by atoms with E-state index in [0.717, 1.165) is 11.1 Å². The summed E-state index contributed by atoms with van der Waals surface area (Å²) in [5.74, 6) is -0.873.